The first-order chi connectivity index (χ1) is 6.57. The molecule has 1 heterocycles. The van der Waals surface area contributed by atoms with Crippen molar-refractivity contribution >= 4 is 5.91 Å². The number of carbonyl (C=O) groups is 1. The van der Waals surface area contributed by atoms with Gasteiger partial charge in [0.25, 0.3) is 0 Å². The minimum absolute atomic E-state index is 0.0445. The summed E-state index contributed by atoms with van der Waals surface area (Å²) in [4.78, 5) is 11.6. The normalized spacial score (nSPS) is 22.8. The Hall–Kier alpha value is -0.610. The summed E-state index contributed by atoms with van der Waals surface area (Å²) in [5.41, 5.74) is 5.53. The van der Waals surface area contributed by atoms with Crippen molar-refractivity contribution in [2.45, 2.75) is 44.7 Å². The van der Waals surface area contributed by atoms with Crippen LogP contribution >= 0.6 is 0 Å². The number of amides is 1. The van der Waals surface area contributed by atoms with Gasteiger partial charge in [0.05, 0.1) is 6.04 Å². The molecule has 1 atom stereocenters. The van der Waals surface area contributed by atoms with Gasteiger partial charge in [0.15, 0.2) is 0 Å². The third kappa shape index (κ3) is 2.96. The molecule has 0 spiro atoms. The zero-order chi connectivity index (χ0) is 10.6. The highest BCUT2D eigenvalue weighted by Gasteiger charge is 2.30. The molecule has 0 aliphatic carbocycles. The van der Waals surface area contributed by atoms with Gasteiger partial charge in [-0.15, -0.1) is 0 Å². The molecule has 0 aromatic carbocycles. The molecular weight excluding hydrogens is 180 g/mol. The van der Waals surface area contributed by atoms with E-state index < -0.39 is 0 Å². The number of rotatable bonds is 3. The minimum Gasteiger partial charge on any atom is -0.381 e. The topological polar surface area (TPSA) is 64.4 Å². The molecule has 0 saturated carbocycles. The summed E-state index contributed by atoms with van der Waals surface area (Å²) in [7, 11) is 0. The summed E-state index contributed by atoms with van der Waals surface area (Å²) in [6.07, 6.45) is 2.42. The van der Waals surface area contributed by atoms with Gasteiger partial charge in [-0.2, -0.15) is 0 Å². The van der Waals surface area contributed by atoms with E-state index >= 15 is 0 Å². The maximum Gasteiger partial charge on any atom is 0.237 e. The number of ether oxygens (including phenoxy) is 1. The largest absolute Gasteiger partial charge is 0.381 e. The first kappa shape index (κ1) is 11.5. The van der Waals surface area contributed by atoms with Crippen molar-refractivity contribution in [3.63, 3.8) is 0 Å². The Morgan fingerprint density at radius 3 is 2.64 bits per heavy atom. The Kier molecular flexibility index (Phi) is 3.89. The average Bonchev–Trinajstić information content (AvgIpc) is 2.17. The van der Waals surface area contributed by atoms with Crippen molar-refractivity contribution in [3.8, 4) is 0 Å². The number of nitrogens with two attached hydrogens (primary N) is 1. The van der Waals surface area contributed by atoms with Gasteiger partial charge >= 0.3 is 0 Å². The first-order valence-corrected chi connectivity index (χ1v) is 5.23. The average molecular weight is 200 g/mol. The third-order valence-electron chi connectivity index (χ3n) is 2.80. The molecule has 1 fully saturated rings. The fourth-order valence-electron chi connectivity index (χ4n) is 1.52. The van der Waals surface area contributed by atoms with Gasteiger partial charge in [-0.25, -0.2) is 0 Å². The van der Waals surface area contributed by atoms with Crippen molar-refractivity contribution in [3.05, 3.63) is 0 Å². The quantitative estimate of drug-likeness (QED) is 0.693. The highest BCUT2D eigenvalue weighted by atomic mass is 16.5. The highest BCUT2D eigenvalue weighted by molar-refractivity contribution is 5.82. The fourth-order valence-corrected chi connectivity index (χ4v) is 1.52. The van der Waals surface area contributed by atoms with E-state index in [9.17, 15) is 4.79 Å². The van der Waals surface area contributed by atoms with Crippen molar-refractivity contribution in [1.29, 1.82) is 0 Å². The lowest BCUT2D eigenvalue weighted by Gasteiger charge is -2.35. The van der Waals surface area contributed by atoms with Gasteiger partial charge in [0.1, 0.15) is 0 Å². The van der Waals surface area contributed by atoms with Crippen LogP contribution in [0.15, 0.2) is 0 Å². The predicted octanol–water partition coefficient (Wildman–Crippen LogP) is 0.409. The van der Waals surface area contributed by atoms with Gasteiger partial charge in [-0.05, 0) is 26.2 Å². The van der Waals surface area contributed by atoms with E-state index in [1.54, 1.807) is 0 Å². The second-order valence-corrected chi connectivity index (χ2v) is 4.18. The molecule has 1 aliphatic rings. The molecule has 1 saturated heterocycles. The van der Waals surface area contributed by atoms with Crippen LogP contribution in [0, 0.1) is 0 Å². The maximum atomic E-state index is 11.6. The molecule has 82 valence electrons. The van der Waals surface area contributed by atoms with Crippen molar-refractivity contribution in [2.75, 3.05) is 13.2 Å². The van der Waals surface area contributed by atoms with Crippen LogP contribution in [0.2, 0.25) is 0 Å². The van der Waals surface area contributed by atoms with E-state index in [0.29, 0.717) is 6.42 Å². The van der Waals surface area contributed by atoms with Crippen LogP contribution in [0.3, 0.4) is 0 Å². The number of hydrogen-bond donors (Lipinski definition) is 2. The van der Waals surface area contributed by atoms with E-state index in [0.717, 1.165) is 26.1 Å². The number of hydrogen-bond acceptors (Lipinski definition) is 3. The standard InChI is InChI=1S/C10H20N2O2/c1-3-8(11)9(13)12-10(2)4-6-14-7-5-10/h8H,3-7,11H2,1-2H3,(H,12,13)/t8-/m1/s1. The Balaban J connectivity index is 2.44. The van der Waals surface area contributed by atoms with Crippen LogP contribution in [-0.4, -0.2) is 30.7 Å². The second kappa shape index (κ2) is 4.75. The van der Waals surface area contributed by atoms with Crippen LogP contribution in [-0.2, 0) is 9.53 Å². The number of nitrogens with one attached hydrogen (secondary N) is 1. The van der Waals surface area contributed by atoms with Crippen LogP contribution < -0.4 is 11.1 Å². The Morgan fingerprint density at radius 2 is 2.14 bits per heavy atom. The SMILES string of the molecule is CC[C@@H](N)C(=O)NC1(C)CCOCC1. The molecule has 1 amide bonds. The predicted molar refractivity (Wildman–Crippen MR) is 54.9 cm³/mol. The zero-order valence-corrected chi connectivity index (χ0v) is 9.01. The van der Waals surface area contributed by atoms with Crippen LogP contribution in [0.25, 0.3) is 0 Å². The third-order valence-corrected chi connectivity index (χ3v) is 2.80. The summed E-state index contributed by atoms with van der Waals surface area (Å²) in [6.45, 7) is 5.41. The second-order valence-electron chi connectivity index (χ2n) is 4.18. The maximum absolute atomic E-state index is 11.6. The van der Waals surface area contributed by atoms with Gasteiger partial charge < -0.3 is 15.8 Å². The molecule has 0 aromatic heterocycles. The van der Waals surface area contributed by atoms with Gasteiger partial charge in [-0.3, -0.25) is 4.79 Å². The Bertz CT molecular complexity index is 200. The van der Waals surface area contributed by atoms with Crippen LogP contribution in [0.5, 0.6) is 0 Å². The molecule has 0 aromatic rings. The summed E-state index contributed by atoms with van der Waals surface area (Å²) in [6, 6.07) is -0.380. The molecule has 1 aliphatic heterocycles. The lowest BCUT2D eigenvalue weighted by atomic mass is 9.92. The Labute approximate surface area is 85.2 Å². The van der Waals surface area contributed by atoms with Crippen molar-refractivity contribution in [1.82, 2.24) is 5.32 Å². The highest BCUT2D eigenvalue weighted by Crippen LogP contribution is 2.19. The van der Waals surface area contributed by atoms with Crippen molar-refractivity contribution in [2.24, 2.45) is 5.73 Å². The monoisotopic (exact) mass is 200 g/mol. The van der Waals surface area contributed by atoms with E-state index in [1.807, 2.05) is 6.92 Å². The molecule has 4 heteroatoms. The summed E-state index contributed by atoms with van der Waals surface area (Å²) in [5, 5.41) is 3.00. The van der Waals surface area contributed by atoms with E-state index in [4.69, 9.17) is 10.5 Å². The van der Waals surface area contributed by atoms with Gasteiger partial charge in [-0.1, -0.05) is 6.92 Å². The van der Waals surface area contributed by atoms with E-state index in [2.05, 4.69) is 12.2 Å². The Morgan fingerprint density at radius 1 is 1.57 bits per heavy atom. The molecule has 0 bridgehead atoms. The summed E-state index contributed by atoms with van der Waals surface area (Å²) in [5.74, 6) is -0.0445. The number of carbonyl (C=O) groups excluding carboxylic acids is 1. The summed E-state index contributed by atoms with van der Waals surface area (Å²) < 4.78 is 5.25. The zero-order valence-electron chi connectivity index (χ0n) is 9.01. The molecule has 0 radical (unpaired) electrons. The van der Waals surface area contributed by atoms with E-state index in [1.165, 1.54) is 0 Å². The molecule has 4 nitrogen and oxygen atoms in total. The smallest absolute Gasteiger partial charge is 0.237 e. The van der Waals surface area contributed by atoms with Gasteiger partial charge in [0.2, 0.25) is 5.91 Å². The van der Waals surface area contributed by atoms with Crippen LogP contribution in [0.1, 0.15) is 33.1 Å². The molecule has 3 N–H and O–H groups in total. The van der Waals surface area contributed by atoms with Crippen molar-refractivity contribution < 1.29 is 9.53 Å². The first-order valence-electron chi connectivity index (χ1n) is 5.23. The summed E-state index contributed by atoms with van der Waals surface area (Å²) >= 11 is 0. The lowest BCUT2D eigenvalue weighted by molar-refractivity contribution is -0.125. The van der Waals surface area contributed by atoms with E-state index in [-0.39, 0.29) is 17.5 Å². The molecule has 1 rings (SSSR count). The van der Waals surface area contributed by atoms with Crippen LogP contribution in [0.4, 0.5) is 0 Å². The fraction of sp³-hybridized carbons (Fsp3) is 0.900. The minimum atomic E-state index is -0.380. The molecular formula is C10H20N2O2. The van der Waals surface area contributed by atoms with Gasteiger partial charge in [0, 0.05) is 18.8 Å². The lowest BCUT2D eigenvalue weighted by Crippen LogP contribution is -2.54. The molecule has 14 heavy (non-hydrogen) atoms. The molecule has 0 unspecified atom stereocenters.